The second-order valence-corrected chi connectivity index (χ2v) is 10.6. The van der Waals surface area contributed by atoms with Crippen molar-refractivity contribution in [2.75, 3.05) is 14.2 Å². The molecule has 1 fully saturated rings. The quantitative estimate of drug-likeness (QED) is 0.337. The Bertz CT molecular complexity index is 1220. The third-order valence-electron chi connectivity index (χ3n) is 7.11. The summed E-state index contributed by atoms with van der Waals surface area (Å²) in [5.41, 5.74) is -0.242. The zero-order valence-corrected chi connectivity index (χ0v) is 19.7. The van der Waals surface area contributed by atoms with E-state index in [0.29, 0.717) is 30.4 Å². The van der Waals surface area contributed by atoms with E-state index in [9.17, 15) is 22.8 Å². The maximum Gasteiger partial charge on any atom is 0.334 e. The molecule has 2 aromatic rings. The number of sulfone groups is 1. The molecule has 2 aromatic carbocycles. The molecule has 4 rings (SSSR count). The van der Waals surface area contributed by atoms with Gasteiger partial charge >= 0.3 is 11.9 Å². The molecule has 0 radical (unpaired) electrons. The highest BCUT2D eigenvalue weighted by atomic mass is 32.2. The first-order valence-corrected chi connectivity index (χ1v) is 12.5. The number of hydrogen-bond donors (Lipinski definition) is 0. The Hall–Kier alpha value is -3.29. The average molecular weight is 484 g/mol. The summed E-state index contributed by atoms with van der Waals surface area (Å²) < 4.78 is 36.2. The van der Waals surface area contributed by atoms with Gasteiger partial charge in [-0.05, 0) is 54.9 Å². The van der Waals surface area contributed by atoms with Crippen LogP contribution in [0.4, 0.5) is 0 Å². The molecule has 0 spiro atoms. The number of aliphatic imine (C=N–C) groups is 1. The van der Waals surface area contributed by atoms with Crippen LogP contribution in [-0.2, 0) is 33.7 Å². The van der Waals surface area contributed by atoms with Crippen LogP contribution in [0.1, 0.15) is 42.7 Å². The Morgan fingerprint density at radius 3 is 2.06 bits per heavy atom. The summed E-state index contributed by atoms with van der Waals surface area (Å²) in [5, 5.41) is 0. The molecule has 0 saturated heterocycles. The number of benzene rings is 2. The van der Waals surface area contributed by atoms with E-state index >= 15 is 0 Å². The van der Waals surface area contributed by atoms with Crippen LogP contribution < -0.4 is 0 Å². The second kappa shape index (κ2) is 9.16. The zero-order valence-electron chi connectivity index (χ0n) is 18.9. The molecule has 1 aliphatic heterocycles. The maximum absolute atomic E-state index is 13.2. The van der Waals surface area contributed by atoms with Crippen molar-refractivity contribution >= 4 is 27.9 Å². The Kier molecular flexibility index (Phi) is 6.43. The van der Waals surface area contributed by atoms with Crippen molar-refractivity contribution in [3.8, 4) is 0 Å². The lowest BCUT2D eigenvalue weighted by Crippen LogP contribution is -2.52. The molecule has 1 aliphatic carbocycles. The fraction of sp³-hybridized carbons (Fsp3) is 0.400. The van der Waals surface area contributed by atoms with Gasteiger partial charge in [0.2, 0.25) is 15.9 Å². The van der Waals surface area contributed by atoms with Crippen LogP contribution in [0, 0.1) is 11.8 Å². The highest BCUT2D eigenvalue weighted by Gasteiger charge is 2.54. The van der Waals surface area contributed by atoms with Crippen molar-refractivity contribution in [2.45, 2.75) is 46.9 Å². The van der Waals surface area contributed by atoms with Crippen LogP contribution in [0.25, 0.3) is 0 Å². The van der Waals surface area contributed by atoms with Gasteiger partial charge in [-0.25, -0.2) is 18.0 Å². The van der Waals surface area contributed by atoms with Gasteiger partial charge in [0.25, 0.3) is 0 Å². The fourth-order valence-corrected chi connectivity index (χ4v) is 7.07. The monoisotopic (exact) mass is 483 g/mol. The summed E-state index contributed by atoms with van der Waals surface area (Å²) in [6.07, 6.45) is 2.66. The molecule has 178 valence electrons. The molecule has 8 nitrogen and oxygen atoms in total. The van der Waals surface area contributed by atoms with Gasteiger partial charge in [0.05, 0.1) is 29.9 Å². The molecule has 1 heterocycles. The fourth-order valence-electron chi connectivity index (χ4n) is 5.28. The van der Waals surface area contributed by atoms with Gasteiger partial charge in [0, 0.05) is 5.92 Å². The topological polar surface area (TPSA) is 116 Å². The number of hydrogen-bond acceptors (Lipinski definition) is 8. The summed E-state index contributed by atoms with van der Waals surface area (Å²) in [7, 11) is -1.15. The molecule has 9 heteroatoms. The third-order valence-corrected chi connectivity index (χ3v) is 9.02. The lowest BCUT2D eigenvalue weighted by Gasteiger charge is -2.43. The van der Waals surface area contributed by atoms with Gasteiger partial charge in [-0.3, -0.25) is 4.79 Å². The normalized spacial score (nSPS) is 22.1. The highest BCUT2D eigenvalue weighted by molar-refractivity contribution is 7.91. The van der Waals surface area contributed by atoms with E-state index < -0.39 is 27.3 Å². The number of methoxy groups -OCH3 is 2. The van der Waals surface area contributed by atoms with Gasteiger partial charge in [-0.1, -0.05) is 36.4 Å². The second-order valence-electron chi connectivity index (χ2n) is 8.68. The number of nitrogens with zero attached hydrogens (tertiary/aromatic N) is 1. The Labute approximate surface area is 197 Å². The maximum atomic E-state index is 13.2. The highest BCUT2D eigenvalue weighted by Crippen LogP contribution is 2.49. The molecule has 0 aromatic heterocycles. The number of fused-ring (bicyclic) bond motifs is 2. The number of esters is 2. The van der Waals surface area contributed by atoms with Crippen molar-refractivity contribution in [1.29, 1.82) is 0 Å². The van der Waals surface area contributed by atoms with Crippen LogP contribution in [0.5, 0.6) is 0 Å². The van der Waals surface area contributed by atoms with Crippen LogP contribution in [-0.4, -0.2) is 46.2 Å². The summed E-state index contributed by atoms with van der Waals surface area (Å²) in [4.78, 5) is 40.7. The minimum absolute atomic E-state index is 0.126. The van der Waals surface area contributed by atoms with Crippen molar-refractivity contribution in [3.05, 3.63) is 59.7 Å². The summed E-state index contributed by atoms with van der Waals surface area (Å²) >= 11 is 0. The van der Waals surface area contributed by atoms with Gasteiger partial charge in [-0.15, -0.1) is 0 Å². The molecular weight excluding hydrogens is 458 g/mol. The van der Waals surface area contributed by atoms with Crippen LogP contribution >= 0.6 is 0 Å². The van der Waals surface area contributed by atoms with Crippen molar-refractivity contribution in [3.63, 3.8) is 0 Å². The van der Waals surface area contributed by atoms with Crippen molar-refractivity contribution < 1.29 is 32.3 Å². The minimum atomic E-state index is -3.68. The number of rotatable bonds is 7. The first-order chi connectivity index (χ1) is 16.3. The molecule has 1 atom stereocenters. The zero-order chi connectivity index (χ0) is 24.5. The van der Waals surface area contributed by atoms with Gasteiger partial charge in [-0.2, -0.15) is 4.99 Å². The predicted octanol–water partition coefficient (Wildman–Crippen LogP) is 3.19. The van der Waals surface area contributed by atoms with Gasteiger partial charge in [0.1, 0.15) is 0 Å². The molecule has 0 amide bonds. The van der Waals surface area contributed by atoms with Crippen molar-refractivity contribution in [1.82, 2.24) is 0 Å². The largest absolute Gasteiger partial charge is 0.469 e. The lowest BCUT2D eigenvalue weighted by molar-refractivity contribution is -0.159. The van der Waals surface area contributed by atoms with Gasteiger partial charge < -0.3 is 9.47 Å². The predicted molar refractivity (Wildman–Crippen MR) is 121 cm³/mol. The van der Waals surface area contributed by atoms with E-state index in [1.807, 2.05) is 0 Å². The van der Waals surface area contributed by atoms with E-state index in [0.717, 1.165) is 0 Å². The summed E-state index contributed by atoms with van der Waals surface area (Å²) in [5.74, 6) is -2.15. The molecule has 0 N–H and O–H groups in total. The number of carbonyl (C=O) groups is 2. The molecule has 1 saturated carbocycles. The summed E-state index contributed by atoms with van der Waals surface area (Å²) in [6.45, 7) is 0. The van der Waals surface area contributed by atoms with E-state index in [1.54, 1.807) is 48.5 Å². The smallest absolute Gasteiger partial charge is 0.334 e. The number of carbonyl (C=O) groups excluding carboxylic acids is 3. The molecule has 34 heavy (non-hydrogen) atoms. The number of isocyanates is 1. The van der Waals surface area contributed by atoms with E-state index in [4.69, 9.17) is 9.47 Å². The van der Waals surface area contributed by atoms with E-state index in [1.165, 1.54) is 20.3 Å². The van der Waals surface area contributed by atoms with Crippen molar-refractivity contribution in [2.24, 2.45) is 16.8 Å². The molecule has 2 aliphatic rings. The Morgan fingerprint density at radius 1 is 1.00 bits per heavy atom. The number of ether oxygens (including phenoxy) is 2. The van der Waals surface area contributed by atoms with Gasteiger partial charge in [0.15, 0.2) is 5.54 Å². The first-order valence-electron chi connectivity index (χ1n) is 11.0. The van der Waals surface area contributed by atoms with E-state index in [2.05, 4.69) is 4.99 Å². The third kappa shape index (κ3) is 3.75. The average Bonchev–Trinajstić information content (AvgIpc) is 2.82. The molecule has 0 bridgehead atoms. The standard InChI is InChI=1S/C25H25NO7S/c1-32-23(28)16-13-17(14-16)25(26-15-27,24(29)33-2)12-11-18-19-7-3-5-9-21(19)34(30,31)22-10-6-4-8-20(18)22/h3-10,16-18H,11-14H2,1-2H3. The van der Waals surface area contributed by atoms with E-state index in [-0.39, 0.29) is 34.0 Å². The minimum Gasteiger partial charge on any atom is -0.469 e. The SMILES string of the molecule is COC(=O)C1CC(C(CCC2c3ccccc3S(=O)(=O)c3ccccc32)(N=C=O)C(=O)OC)C1. The van der Waals surface area contributed by atoms with Crippen LogP contribution in [0.2, 0.25) is 0 Å². The molecular formula is C25H25NO7S. The van der Waals surface area contributed by atoms with Crippen LogP contribution in [0.15, 0.2) is 63.3 Å². The Balaban J connectivity index is 1.72. The lowest BCUT2D eigenvalue weighted by atomic mass is 9.62. The van der Waals surface area contributed by atoms with Crippen LogP contribution in [0.3, 0.4) is 0 Å². The summed E-state index contributed by atoms with van der Waals surface area (Å²) in [6, 6.07) is 13.6. The molecule has 1 unspecified atom stereocenters. The first kappa shape index (κ1) is 23.9. The Morgan fingerprint density at radius 2 is 1.56 bits per heavy atom.